The molecule has 1 amide bonds. The van der Waals surface area contributed by atoms with Gasteiger partial charge in [0.2, 0.25) is 0 Å². The SMILES string of the molecule is CN(C)c1ccc(/C=N\NC(=O)c2cccc(N3Cc4ccccc4C3)c2)cc1. The van der Waals surface area contributed by atoms with E-state index in [9.17, 15) is 4.79 Å². The summed E-state index contributed by atoms with van der Waals surface area (Å²) < 4.78 is 0. The molecule has 0 fully saturated rings. The molecule has 1 heterocycles. The van der Waals surface area contributed by atoms with Crippen molar-refractivity contribution in [3.8, 4) is 0 Å². The zero-order valence-corrected chi connectivity index (χ0v) is 16.7. The average molecular weight is 384 g/mol. The molecule has 5 heteroatoms. The third-order valence-corrected chi connectivity index (χ3v) is 5.10. The summed E-state index contributed by atoms with van der Waals surface area (Å²) in [6.45, 7) is 1.73. The van der Waals surface area contributed by atoms with Gasteiger partial charge in [0.1, 0.15) is 0 Å². The number of amides is 1. The van der Waals surface area contributed by atoms with E-state index in [2.05, 4.69) is 39.7 Å². The molecule has 146 valence electrons. The summed E-state index contributed by atoms with van der Waals surface area (Å²) in [6.07, 6.45) is 1.65. The summed E-state index contributed by atoms with van der Waals surface area (Å²) in [7, 11) is 4.00. The molecule has 1 aliphatic heterocycles. The lowest BCUT2D eigenvalue weighted by molar-refractivity contribution is 0.0955. The second-order valence-corrected chi connectivity index (χ2v) is 7.36. The van der Waals surface area contributed by atoms with Gasteiger partial charge in [-0.3, -0.25) is 4.79 Å². The first-order chi connectivity index (χ1) is 14.1. The molecule has 0 radical (unpaired) electrons. The fraction of sp³-hybridized carbons (Fsp3) is 0.167. The second-order valence-electron chi connectivity index (χ2n) is 7.36. The summed E-state index contributed by atoms with van der Waals surface area (Å²) in [6, 6.07) is 24.1. The van der Waals surface area contributed by atoms with Crippen molar-refractivity contribution >= 4 is 23.5 Å². The largest absolute Gasteiger partial charge is 0.378 e. The number of nitrogens with one attached hydrogen (secondary N) is 1. The zero-order chi connectivity index (χ0) is 20.2. The van der Waals surface area contributed by atoms with E-state index in [-0.39, 0.29) is 5.91 Å². The first-order valence-electron chi connectivity index (χ1n) is 9.63. The summed E-state index contributed by atoms with van der Waals surface area (Å²) >= 11 is 0. The maximum atomic E-state index is 12.5. The molecule has 3 aromatic carbocycles. The minimum absolute atomic E-state index is 0.218. The molecule has 0 unspecified atom stereocenters. The first kappa shape index (κ1) is 18.7. The van der Waals surface area contributed by atoms with Gasteiger partial charge in [-0.1, -0.05) is 42.5 Å². The van der Waals surface area contributed by atoms with Crippen molar-refractivity contribution in [1.29, 1.82) is 0 Å². The van der Waals surface area contributed by atoms with Gasteiger partial charge in [-0.2, -0.15) is 5.10 Å². The van der Waals surface area contributed by atoms with Crippen LogP contribution in [0.15, 0.2) is 77.9 Å². The summed E-state index contributed by atoms with van der Waals surface area (Å²) in [5.41, 5.74) is 8.98. The van der Waals surface area contributed by atoms with Crippen LogP contribution in [-0.2, 0) is 13.1 Å². The molecular weight excluding hydrogens is 360 g/mol. The van der Waals surface area contributed by atoms with Crippen LogP contribution in [0.5, 0.6) is 0 Å². The summed E-state index contributed by atoms with van der Waals surface area (Å²) in [4.78, 5) is 16.8. The molecule has 0 bridgehead atoms. The predicted molar refractivity (Wildman–Crippen MR) is 119 cm³/mol. The monoisotopic (exact) mass is 384 g/mol. The first-order valence-corrected chi connectivity index (χ1v) is 9.63. The van der Waals surface area contributed by atoms with Crippen molar-refractivity contribution in [2.24, 2.45) is 5.10 Å². The maximum Gasteiger partial charge on any atom is 0.271 e. The van der Waals surface area contributed by atoms with E-state index >= 15 is 0 Å². The topological polar surface area (TPSA) is 47.9 Å². The smallest absolute Gasteiger partial charge is 0.271 e. The Morgan fingerprint density at radius 3 is 2.31 bits per heavy atom. The van der Waals surface area contributed by atoms with Gasteiger partial charge in [0.15, 0.2) is 0 Å². The summed E-state index contributed by atoms with van der Waals surface area (Å²) in [5.74, 6) is -0.218. The second kappa shape index (κ2) is 8.19. The Labute approximate surface area is 171 Å². The fourth-order valence-electron chi connectivity index (χ4n) is 3.45. The number of nitrogens with zero attached hydrogens (tertiary/aromatic N) is 3. The van der Waals surface area contributed by atoms with Crippen molar-refractivity contribution in [3.63, 3.8) is 0 Å². The van der Waals surface area contributed by atoms with Crippen LogP contribution in [0.4, 0.5) is 11.4 Å². The van der Waals surface area contributed by atoms with Crippen molar-refractivity contribution in [2.45, 2.75) is 13.1 Å². The number of benzene rings is 3. The Morgan fingerprint density at radius 2 is 1.66 bits per heavy atom. The van der Waals surface area contributed by atoms with Gasteiger partial charge in [0, 0.05) is 44.1 Å². The van der Waals surface area contributed by atoms with Gasteiger partial charge >= 0.3 is 0 Å². The minimum atomic E-state index is -0.218. The molecule has 0 saturated carbocycles. The van der Waals surface area contributed by atoms with Crippen LogP contribution in [-0.4, -0.2) is 26.2 Å². The Balaban J connectivity index is 1.40. The van der Waals surface area contributed by atoms with E-state index in [1.54, 1.807) is 6.21 Å². The number of anilines is 2. The molecule has 0 saturated heterocycles. The van der Waals surface area contributed by atoms with Crippen LogP contribution >= 0.6 is 0 Å². The molecule has 0 spiro atoms. The lowest BCUT2D eigenvalue weighted by Crippen LogP contribution is -2.19. The summed E-state index contributed by atoms with van der Waals surface area (Å²) in [5, 5.41) is 4.10. The van der Waals surface area contributed by atoms with Gasteiger partial charge < -0.3 is 9.80 Å². The van der Waals surface area contributed by atoms with Crippen LogP contribution in [0.2, 0.25) is 0 Å². The van der Waals surface area contributed by atoms with Crippen LogP contribution in [0.3, 0.4) is 0 Å². The lowest BCUT2D eigenvalue weighted by atomic mass is 10.1. The highest BCUT2D eigenvalue weighted by Crippen LogP contribution is 2.28. The third kappa shape index (κ3) is 4.29. The molecule has 0 aromatic heterocycles. The maximum absolute atomic E-state index is 12.5. The predicted octanol–water partition coefficient (Wildman–Crippen LogP) is 4.04. The quantitative estimate of drug-likeness (QED) is 0.534. The number of hydrazone groups is 1. The molecule has 4 rings (SSSR count). The molecule has 29 heavy (non-hydrogen) atoms. The number of hydrogen-bond donors (Lipinski definition) is 1. The van der Waals surface area contributed by atoms with E-state index in [4.69, 9.17) is 0 Å². The van der Waals surface area contributed by atoms with Gasteiger partial charge in [-0.25, -0.2) is 5.43 Å². The van der Waals surface area contributed by atoms with Gasteiger partial charge in [-0.05, 0) is 47.0 Å². The molecule has 0 atom stereocenters. The fourth-order valence-corrected chi connectivity index (χ4v) is 3.45. The van der Waals surface area contributed by atoms with E-state index < -0.39 is 0 Å². The molecule has 5 nitrogen and oxygen atoms in total. The van der Waals surface area contributed by atoms with Crippen LogP contribution in [0.1, 0.15) is 27.0 Å². The van der Waals surface area contributed by atoms with Crippen molar-refractivity contribution in [1.82, 2.24) is 5.43 Å². The Bertz CT molecular complexity index is 1020. The zero-order valence-electron chi connectivity index (χ0n) is 16.7. The van der Waals surface area contributed by atoms with Crippen LogP contribution < -0.4 is 15.2 Å². The van der Waals surface area contributed by atoms with Crippen molar-refractivity contribution in [3.05, 3.63) is 95.1 Å². The molecule has 0 aliphatic carbocycles. The minimum Gasteiger partial charge on any atom is -0.378 e. The number of fused-ring (bicyclic) bond motifs is 1. The van der Waals surface area contributed by atoms with E-state index in [0.29, 0.717) is 5.56 Å². The van der Waals surface area contributed by atoms with E-state index in [1.165, 1.54) is 11.1 Å². The molecule has 3 aromatic rings. The number of rotatable bonds is 5. The Morgan fingerprint density at radius 1 is 0.966 bits per heavy atom. The Kier molecular flexibility index (Phi) is 5.29. The van der Waals surface area contributed by atoms with Gasteiger partial charge in [-0.15, -0.1) is 0 Å². The van der Waals surface area contributed by atoms with Crippen molar-refractivity contribution in [2.75, 3.05) is 23.9 Å². The van der Waals surface area contributed by atoms with E-state index in [1.807, 2.05) is 67.5 Å². The van der Waals surface area contributed by atoms with E-state index in [0.717, 1.165) is 30.0 Å². The normalized spacial score (nSPS) is 12.8. The number of carbonyl (C=O) groups excluding carboxylic acids is 1. The third-order valence-electron chi connectivity index (χ3n) is 5.10. The number of carbonyl (C=O) groups is 1. The van der Waals surface area contributed by atoms with Gasteiger partial charge in [0.05, 0.1) is 6.21 Å². The van der Waals surface area contributed by atoms with Gasteiger partial charge in [0.25, 0.3) is 5.91 Å². The Hall–Kier alpha value is -3.60. The molecule has 1 N–H and O–H groups in total. The molecule has 1 aliphatic rings. The van der Waals surface area contributed by atoms with Crippen LogP contribution in [0, 0.1) is 0 Å². The highest BCUT2D eigenvalue weighted by atomic mass is 16.2. The lowest BCUT2D eigenvalue weighted by Gasteiger charge is -2.18. The van der Waals surface area contributed by atoms with Crippen LogP contribution in [0.25, 0.3) is 0 Å². The highest BCUT2D eigenvalue weighted by Gasteiger charge is 2.19. The standard InChI is InChI=1S/C24H24N4O/c1-27(2)22-12-10-18(11-13-22)15-25-26-24(29)19-8-5-9-23(14-19)28-16-20-6-3-4-7-21(20)17-28/h3-15H,16-17H2,1-2H3,(H,26,29)/b25-15-. The average Bonchev–Trinajstić information content (AvgIpc) is 3.18. The molecular formula is C24H24N4O. The highest BCUT2D eigenvalue weighted by molar-refractivity contribution is 5.95. The van der Waals surface area contributed by atoms with Crippen molar-refractivity contribution < 1.29 is 4.79 Å². The number of hydrogen-bond acceptors (Lipinski definition) is 4.